The van der Waals surface area contributed by atoms with E-state index in [2.05, 4.69) is 20.4 Å². The molecule has 2 aromatic heterocycles. The van der Waals surface area contributed by atoms with Gasteiger partial charge in [0.25, 0.3) is 0 Å². The molecule has 2 rings (SSSR count). The minimum atomic E-state index is -4.48. The fourth-order valence-electron chi connectivity index (χ4n) is 1.19. The third-order valence-electron chi connectivity index (χ3n) is 1.91. The van der Waals surface area contributed by atoms with Gasteiger partial charge in [-0.25, -0.2) is 9.97 Å². The van der Waals surface area contributed by atoms with E-state index < -0.39 is 11.9 Å². The van der Waals surface area contributed by atoms with Crippen LogP contribution in [0.25, 0.3) is 0 Å². The van der Waals surface area contributed by atoms with Crippen LogP contribution in [0.5, 0.6) is 0 Å². The van der Waals surface area contributed by atoms with Crippen LogP contribution in [-0.4, -0.2) is 19.7 Å². The van der Waals surface area contributed by atoms with Crippen molar-refractivity contribution in [2.45, 2.75) is 6.18 Å². The van der Waals surface area contributed by atoms with Crippen molar-refractivity contribution in [1.29, 1.82) is 0 Å². The lowest BCUT2D eigenvalue weighted by Gasteiger charge is -2.07. The van der Waals surface area contributed by atoms with Crippen LogP contribution in [0.1, 0.15) is 5.69 Å². The molecular weight excluding hydrogens is 235 g/mol. The minimum absolute atomic E-state index is 0.118. The van der Waals surface area contributed by atoms with Crippen molar-refractivity contribution in [1.82, 2.24) is 19.7 Å². The van der Waals surface area contributed by atoms with E-state index in [-0.39, 0.29) is 5.95 Å². The molecule has 0 amide bonds. The van der Waals surface area contributed by atoms with Crippen LogP contribution >= 0.6 is 0 Å². The number of alkyl halides is 3. The molecule has 1 N–H and O–H groups in total. The average Bonchev–Trinajstić information content (AvgIpc) is 2.63. The molecule has 0 spiro atoms. The van der Waals surface area contributed by atoms with Crippen molar-refractivity contribution < 1.29 is 13.2 Å². The van der Waals surface area contributed by atoms with Crippen molar-refractivity contribution in [2.75, 3.05) is 5.32 Å². The van der Waals surface area contributed by atoms with E-state index in [9.17, 15) is 13.2 Å². The molecule has 0 saturated carbocycles. The second-order valence-electron chi connectivity index (χ2n) is 3.29. The zero-order valence-corrected chi connectivity index (χ0v) is 8.73. The molecule has 0 radical (unpaired) electrons. The fraction of sp³-hybridized carbons (Fsp3) is 0.222. The lowest BCUT2D eigenvalue weighted by molar-refractivity contribution is -0.141. The van der Waals surface area contributed by atoms with Crippen LogP contribution in [0.3, 0.4) is 0 Å². The molecule has 0 fully saturated rings. The van der Waals surface area contributed by atoms with Gasteiger partial charge in [0.2, 0.25) is 5.95 Å². The largest absolute Gasteiger partial charge is 0.433 e. The Morgan fingerprint density at radius 1 is 1.35 bits per heavy atom. The normalized spacial score (nSPS) is 11.5. The van der Waals surface area contributed by atoms with Crippen LogP contribution in [0.15, 0.2) is 24.7 Å². The number of nitrogens with zero attached hydrogens (tertiary/aromatic N) is 4. The summed E-state index contributed by atoms with van der Waals surface area (Å²) < 4.78 is 38.6. The van der Waals surface area contributed by atoms with Gasteiger partial charge in [-0.1, -0.05) is 0 Å². The van der Waals surface area contributed by atoms with Gasteiger partial charge in [-0.05, 0) is 6.07 Å². The summed E-state index contributed by atoms with van der Waals surface area (Å²) in [7, 11) is 1.69. The fourth-order valence-corrected chi connectivity index (χ4v) is 1.19. The highest BCUT2D eigenvalue weighted by atomic mass is 19.4. The first-order valence-electron chi connectivity index (χ1n) is 4.61. The molecule has 90 valence electrons. The van der Waals surface area contributed by atoms with Crippen molar-refractivity contribution in [3.8, 4) is 0 Å². The van der Waals surface area contributed by atoms with E-state index in [1.165, 1.54) is 10.9 Å². The summed E-state index contributed by atoms with van der Waals surface area (Å²) in [5, 5.41) is 6.49. The third kappa shape index (κ3) is 2.71. The highest BCUT2D eigenvalue weighted by molar-refractivity contribution is 5.50. The van der Waals surface area contributed by atoms with Crippen LogP contribution in [0.2, 0.25) is 0 Å². The predicted molar refractivity (Wildman–Crippen MR) is 53.5 cm³/mol. The number of halogens is 3. The summed E-state index contributed by atoms with van der Waals surface area (Å²) >= 11 is 0. The van der Waals surface area contributed by atoms with Crippen molar-refractivity contribution in [3.63, 3.8) is 0 Å². The Hall–Kier alpha value is -2.12. The minimum Gasteiger partial charge on any atom is -0.321 e. The highest BCUT2D eigenvalue weighted by Crippen LogP contribution is 2.27. The molecule has 0 aliphatic rings. The molecule has 0 unspecified atom stereocenters. The molecule has 5 nitrogen and oxygen atoms in total. The summed E-state index contributed by atoms with van der Waals surface area (Å²) in [5.41, 5.74) is -0.467. The highest BCUT2D eigenvalue weighted by Gasteiger charge is 2.32. The number of rotatable bonds is 2. The van der Waals surface area contributed by atoms with Crippen molar-refractivity contribution in [2.24, 2.45) is 7.05 Å². The summed E-state index contributed by atoms with van der Waals surface area (Å²) in [4.78, 5) is 7.06. The molecule has 2 heterocycles. The van der Waals surface area contributed by atoms with Crippen LogP contribution < -0.4 is 5.32 Å². The van der Waals surface area contributed by atoms with E-state index in [0.29, 0.717) is 5.69 Å². The van der Waals surface area contributed by atoms with E-state index in [0.717, 1.165) is 12.3 Å². The van der Waals surface area contributed by atoms with Gasteiger partial charge in [0.15, 0.2) is 0 Å². The molecule has 17 heavy (non-hydrogen) atoms. The summed E-state index contributed by atoms with van der Waals surface area (Å²) in [6.07, 6.45) is -0.365. The Kier molecular flexibility index (Phi) is 2.70. The van der Waals surface area contributed by atoms with Gasteiger partial charge in [0, 0.05) is 19.4 Å². The lowest BCUT2D eigenvalue weighted by atomic mass is 10.4. The Bertz CT molecular complexity index is 519. The Morgan fingerprint density at radius 3 is 2.71 bits per heavy atom. The van der Waals surface area contributed by atoms with Crippen LogP contribution in [0, 0.1) is 0 Å². The molecule has 0 aromatic carbocycles. The molecule has 0 atom stereocenters. The number of anilines is 2. The van der Waals surface area contributed by atoms with Crippen molar-refractivity contribution in [3.05, 3.63) is 30.4 Å². The number of hydrogen-bond donors (Lipinski definition) is 1. The molecule has 8 heteroatoms. The van der Waals surface area contributed by atoms with Gasteiger partial charge >= 0.3 is 6.18 Å². The molecule has 0 saturated heterocycles. The van der Waals surface area contributed by atoms with E-state index in [1.807, 2.05) is 0 Å². The standard InChI is InChI=1S/C9H8F3N5/c1-17-5-6(4-14-17)15-8-13-3-2-7(16-8)9(10,11)12/h2-5H,1H3,(H,13,15,16). The first-order chi connectivity index (χ1) is 7.95. The molecule has 0 bridgehead atoms. The topological polar surface area (TPSA) is 55.6 Å². The Morgan fingerprint density at radius 2 is 2.12 bits per heavy atom. The van der Waals surface area contributed by atoms with E-state index in [1.54, 1.807) is 13.2 Å². The van der Waals surface area contributed by atoms with E-state index in [4.69, 9.17) is 0 Å². The second-order valence-corrected chi connectivity index (χ2v) is 3.29. The number of nitrogens with one attached hydrogen (secondary N) is 1. The smallest absolute Gasteiger partial charge is 0.321 e. The molecule has 2 aromatic rings. The monoisotopic (exact) mass is 243 g/mol. The zero-order chi connectivity index (χ0) is 12.5. The second kappa shape index (κ2) is 4.04. The quantitative estimate of drug-likeness (QED) is 0.876. The first kappa shape index (κ1) is 11.4. The van der Waals surface area contributed by atoms with Gasteiger partial charge in [-0.15, -0.1) is 0 Å². The number of aryl methyl sites for hydroxylation is 1. The van der Waals surface area contributed by atoms with Gasteiger partial charge in [0.1, 0.15) is 5.69 Å². The Balaban J connectivity index is 2.22. The van der Waals surface area contributed by atoms with Gasteiger partial charge in [-0.2, -0.15) is 18.3 Å². The maximum atomic E-state index is 12.4. The third-order valence-corrected chi connectivity index (χ3v) is 1.91. The molecule has 0 aliphatic carbocycles. The van der Waals surface area contributed by atoms with E-state index >= 15 is 0 Å². The first-order valence-corrected chi connectivity index (χ1v) is 4.61. The van der Waals surface area contributed by atoms with Gasteiger partial charge in [-0.3, -0.25) is 4.68 Å². The number of aromatic nitrogens is 4. The average molecular weight is 243 g/mol. The molecule has 0 aliphatic heterocycles. The maximum absolute atomic E-state index is 12.4. The number of hydrogen-bond acceptors (Lipinski definition) is 4. The summed E-state index contributed by atoms with van der Waals surface area (Å²) in [6, 6.07) is 0.814. The summed E-state index contributed by atoms with van der Waals surface area (Å²) in [5.74, 6) is -0.118. The van der Waals surface area contributed by atoms with Crippen molar-refractivity contribution >= 4 is 11.6 Å². The maximum Gasteiger partial charge on any atom is 0.433 e. The Labute approximate surface area is 94.3 Å². The van der Waals surface area contributed by atoms with Crippen LogP contribution in [0.4, 0.5) is 24.8 Å². The lowest BCUT2D eigenvalue weighted by Crippen LogP contribution is -2.09. The van der Waals surface area contributed by atoms with Gasteiger partial charge < -0.3 is 5.32 Å². The SMILES string of the molecule is Cn1cc(Nc2nccc(C(F)(F)F)n2)cn1. The van der Waals surface area contributed by atoms with Crippen LogP contribution in [-0.2, 0) is 13.2 Å². The zero-order valence-electron chi connectivity index (χ0n) is 8.73. The summed E-state index contributed by atoms with van der Waals surface area (Å²) in [6.45, 7) is 0. The predicted octanol–water partition coefficient (Wildman–Crippen LogP) is 1.97. The van der Waals surface area contributed by atoms with Gasteiger partial charge in [0.05, 0.1) is 11.9 Å². The molecular formula is C9H8F3N5.